The molecule has 0 aliphatic rings. The van der Waals surface area contributed by atoms with Crippen LogP contribution in [0.25, 0.3) is 0 Å². The van der Waals surface area contributed by atoms with Gasteiger partial charge in [-0.2, -0.15) is 0 Å². The van der Waals surface area contributed by atoms with Crippen LogP contribution >= 0.6 is 23.4 Å². The minimum atomic E-state index is -0.0440. The van der Waals surface area contributed by atoms with Crippen molar-refractivity contribution in [2.45, 2.75) is 17.9 Å². The summed E-state index contributed by atoms with van der Waals surface area (Å²) < 4.78 is 4.94. The number of benzene rings is 1. The summed E-state index contributed by atoms with van der Waals surface area (Å²) in [6.07, 6.45) is 0. The summed E-state index contributed by atoms with van der Waals surface area (Å²) in [7, 11) is 1.60. The van der Waals surface area contributed by atoms with Crippen LogP contribution in [0.3, 0.4) is 0 Å². The van der Waals surface area contributed by atoms with Gasteiger partial charge < -0.3 is 15.8 Å². The van der Waals surface area contributed by atoms with Crippen molar-refractivity contribution in [3.05, 3.63) is 23.2 Å². The second kappa shape index (κ2) is 7.51. The summed E-state index contributed by atoms with van der Waals surface area (Å²) in [6.45, 7) is 2.39. The molecule has 1 rings (SSSR count). The number of ether oxygens (including phenoxy) is 1. The lowest BCUT2D eigenvalue weighted by molar-refractivity contribution is -0.119. The highest BCUT2D eigenvalue weighted by Crippen LogP contribution is 2.28. The standard InChI is InChI=1S/C12H17ClN2O2S/c1-8(6-17-2)15-12(16)7-18-11-4-3-9(14)5-10(11)13/h3-5,8H,6-7,14H2,1-2H3,(H,15,16). The van der Waals surface area contributed by atoms with Gasteiger partial charge in [-0.15, -0.1) is 11.8 Å². The maximum Gasteiger partial charge on any atom is 0.230 e. The number of halogens is 1. The molecule has 0 fully saturated rings. The number of methoxy groups -OCH3 is 1. The van der Waals surface area contributed by atoms with Crippen LogP contribution in [0, 0.1) is 0 Å². The smallest absolute Gasteiger partial charge is 0.230 e. The van der Waals surface area contributed by atoms with E-state index in [2.05, 4.69) is 5.32 Å². The Hall–Kier alpha value is -0.910. The fraction of sp³-hybridized carbons (Fsp3) is 0.417. The molecular formula is C12H17ClN2O2S. The van der Waals surface area contributed by atoms with E-state index in [4.69, 9.17) is 22.1 Å². The Morgan fingerprint density at radius 3 is 2.94 bits per heavy atom. The largest absolute Gasteiger partial charge is 0.399 e. The first kappa shape index (κ1) is 15.1. The summed E-state index contributed by atoms with van der Waals surface area (Å²) >= 11 is 7.40. The first-order chi connectivity index (χ1) is 8.52. The zero-order chi connectivity index (χ0) is 13.5. The van der Waals surface area contributed by atoms with E-state index < -0.39 is 0 Å². The van der Waals surface area contributed by atoms with Crippen molar-refractivity contribution in [1.29, 1.82) is 0 Å². The predicted octanol–water partition coefficient (Wildman–Crippen LogP) is 2.17. The molecule has 0 aliphatic carbocycles. The van der Waals surface area contributed by atoms with Gasteiger partial charge in [0.25, 0.3) is 0 Å². The number of hydrogen-bond donors (Lipinski definition) is 2. The molecule has 0 radical (unpaired) electrons. The number of amides is 1. The number of hydrogen-bond acceptors (Lipinski definition) is 4. The molecule has 18 heavy (non-hydrogen) atoms. The number of nitrogens with two attached hydrogens (primary N) is 1. The molecule has 0 bridgehead atoms. The van der Waals surface area contributed by atoms with Gasteiger partial charge in [0.2, 0.25) is 5.91 Å². The number of nitrogens with one attached hydrogen (secondary N) is 1. The van der Waals surface area contributed by atoms with E-state index in [0.29, 0.717) is 23.1 Å². The molecule has 1 aromatic carbocycles. The lowest BCUT2D eigenvalue weighted by Gasteiger charge is -2.12. The lowest BCUT2D eigenvalue weighted by atomic mass is 10.3. The Morgan fingerprint density at radius 1 is 1.61 bits per heavy atom. The molecule has 0 spiro atoms. The normalized spacial score (nSPS) is 12.2. The van der Waals surface area contributed by atoms with Gasteiger partial charge in [0.05, 0.1) is 17.4 Å². The van der Waals surface area contributed by atoms with E-state index in [1.807, 2.05) is 13.0 Å². The minimum Gasteiger partial charge on any atom is -0.399 e. The Labute approximate surface area is 116 Å². The molecule has 0 heterocycles. The van der Waals surface area contributed by atoms with Gasteiger partial charge in [-0.1, -0.05) is 11.6 Å². The van der Waals surface area contributed by atoms with Crippen molar-refractivity contribution in [3.8, 4) is 0 Å². The van der Waals surface area contributed by atoms with E-state index in [9.17, 15) is 4.79 Å². The molecule has 1 unspecified atom stereocenters. The summed E-state index contributed by atoms with van der Waals surface area (Å²) in [5, 5.41) is 3.40. The first-order valence-corrected chi connectivity index (χ1v) is 6.85. The molecule has 0 aromatic heterocycles. The van der Waals surface area contributed by atoms with Crippen LogP contribution in [0.2, 0.25) is 5.02 Å². The maximum absolute atomic E-state index is 11.6. The first-order valence-electron chi connectivity index (χ1n) is 5.49. The SMILES string of the molecule is COCC(C)NC(=O)CSc1ccc(N)cc1Cl. The summed E-state index contributed by atoms with van der Waals surface area (Å²) in [6, 6.07) is 5.26. The van der Waals surface area contributed by atoms with Crippen LogP contribution in [-0.2, 0) is 9.53 Å². The molecule has 4 nitrogen and oxygen atoms in total. The average Bonchev–Trinajstić information content (AvgIpc) is 2.28. The number of rotatable bonds is 6. The Kier molecular flexibility index (Phi) is 6.32. The topological polar surface area (TPSA) is 64.3 Å². The van der Waals surface area contributed by atoms with Gasteiger partial charge >= 0.3 is 0 Å². The Bertz CT molecular complexity index is 415. The van der Waals surface area contributed by atoms with Crippen LogP contribution in [0.4, 0.5) is 5.69 Å². The van der Waals surface area contributed by atoms with Crippen molar-refractivity contribution in [1.82, 2.24) is 5.32 Å². The van der Waals surface area contributed by atoms with Crippen molar-refractivity contribution in [2.75, 3.05) is 25.2 Å². The lowest BCUT2D eigenvalue weighted by Crippen LogP contribution is -2.36. The average molecular weight is 289 g/mol. The van der Waals surface area contributed by atoms with E-state index in [0.717, 1.165) is 4.90 Å². The molecule has 6 heteroatoms. The molecule has 1 aromatic rings. The van der Waals surface area contributed by atoms with E-state index >= 15 is 0 Å². The quantitative estimate of drug-likeness (QED) is 0.622. The fourth-order valence-electron chi connectivity index (χ4n) is 1.39. The van der Waals surface area contributed by atoms with Gasteiger partial charge in [-0.25, -0.2) is 0 Å². The number of nitrogen functional groups attached to an aromatic ring is 1. The number of anilines is 1. The molecule has 0 saturated heterocycles. The van der Waals surface area contributed by atoms with Crippen molar-refractivity contribution < 1.29 is 9.53 Å². The van der Waals surface area contributed by atoms with Crippen LogP contribution in [0.5, 0.6) is 0 Å². The third-order valence-corrected chi connectivity index (χ3v) is 3.64. The van der Waals surface area contributed by atoms with Crippen LogP contribution in [-0.4, -0.2) is 31.4 Å². The van der Waals surface area contributed by atoms with E-state index in [1.54, 1.807) is 19.2 Å². The Balaban J connectivity index is 2.42. The van der Waals surface area contributed by atoms with E-state index in [-0.39, 0.29) is 11.9 Å². The Morgan fingerprint density at radius 2 is 2.33 bits per heavy atom. The minimum absolute atomic E-state index is 0.00462. The molecule has 100 valence electrons. The molecule has 1 amide bonds. The van der Waals surface area contributed by atoms with Crippen molar-refractivity contribution >= 4 is 35.0 Å². The molecule has 0 saturated carbocycles. The fourth-order valence-corrected chi connectivity index (χ4v) is 2.47. The molecular weight excluding hydrogens is 272 g/mol. The monoisotopic (exact) mass is 288 g/mol. The number of thioether (sulfide) groups is 1. The highest BCUT2D eigenvalue weighted by Gasteiger charge is 2.09. The van der Waals surface area contributed by atoms with Gasteiger partial charge in [0.1, 0.15) is 0 Å². The zero-order valence-electron chi connectivity index (χ0n) is 10.4. The third kappa shape index (κ3) is 5.16. The maximum atomic E-state index is 11.6. The number of carbonyl (C=O) groups is 1. The molecule has 1 atom stereocenters. The molecule has 3 N–H and O–H groups in total. The second-order valence-corrected chi connectivity index (χ2v) is 5.33. The number of carbonyl (C=O) groups excluding carboxylic acids is 1. The summed E-state index contributed by atoms with van der Waals surface area (Å²) in [5.41, 5.74) is 6.21. The van der Waals surface area contributed by atoms with Gasteiger partial charge in [-0.3, -0.25) is 4.79 Å². The highest BCUT2D eigenvalue weighted by atomic mass is 35.5. The van der Waals surface area contributed by atoms with Gasteiger partial charge in [-0.05, 0) is 25.1 Å². The van der Waals surface area contributed by atoms with Crippen LogP contribution in [0.1, 0.15) is 6.92 Å². The van der Waals surface area contributed by atoms with Gasteiger partial charge in [0.15, 0.2) is 0 Å². The predicted molar refractivity (Wildman–Crippen MR) is 76.1 cm³/mol. The molecule has 0 aliphatic heterocycles. The summed E-state index contributed by atoms with van der Waals surface area (Å²) in [5.74, 6) is 0.273. The zero-order valence-corrected chi connectivity index (χ0v) is 12.0. The highest BCUT2D eigenvalue weighted by molar-refractivity contribution is 8.00. The third-order valence-electron chi connectivity index (χ3n) is 2.14. The van der Waals surface area contributed by atoms with Crippen LogP contribution in [0.15, 0.2) is 23.1 Å². The van der Waals surface area contributed by atoms with E-state index in [1.165, 1.54) is 11.8 Å². The second-order valence-electron chi connectivity index (χ2n) is 3.90. The van der Waals surface area contributed by atoms with Crippen LogP contribution < -0.4 is 11.1 Å². The summed E-state index contributed by atoms with van der Waals surface area (Å²) in [4.78, 5) is 12.5. The van der Waals surface area contributed by atoms with Crippen molar-refractivity contribution in [3.63, 3.8) is 0 Å². The van der Waals surface area contributed by atoms with Gasteiger partial charge in [0, 0.05) is 23.7 Å². The van der Waals surface area contributed by atoms with Crippen molar-refractivity contribution in [2.24, 2.45) is 0 Å².